The fourth-order valence-electron chi connectivity index (χ4n) is 3.36. The largest absolute Gasteiger partial charge is 0.481 e. The van der Waals surface area contributed by atoms with Crippen molar-refractivity contribution >= 4 is 5.97 Å². The van der Waals surface area contributed by atoms with E-state index >= 15 is 0 Å². The molecule has 0 radical (unpaired) electrons. The van der Waals surface area contributed by atoms with Gasteiger partial charge in [0, 0.05) is 23.7 Å². The molecule has 0 saturated heterocycles. The monoisotopic (exact) mass is 363 g/mol. The zero-order chi connectivity index (χ0) is 18.8. The predicted molar refractivity (Wildman–Crippen MR) is 101 cm³/mol. The summed E-state index contributed by atoms with van der Waals surface area (Å²) in [5, 5.41) is 16.6. The fraction of sp³-hybridized carbons (Fsp3) is 0.286. The molecule has 1 aliphatic carbocycles. The average molecular weight is 363 g/mol. The maximum absolute atomic E-state index is 10.9. The first-order valence-corrected chi connectivity index (χ1v) is 9.05. The topological polar surface area (TPSA) is 88.2 Å². The van der Waals surface area contributed by atoms with Crippen LogP contribution >= 0.6 is 0 Å². The summed E-state index contributed by atoms with van der Waals surface area (Å²) in [5.74, 6) is 0.136. The van der Waals surface area contributed by atoms with Crippen LogP contribution in [0.5, 0.6) is 0 Å². The van der Waals surface area contributed by atoms with Crippen molar-refractivity contribution in [2.24, 2.45) is 5.92 Å². The molecule has 1 heterocycles. The van der Waals surface area contributed by atoms with E-state index in [-0.39, 0.29) is 12.0 Å². The Morgan fingerprint density at radius 3 is 2.81 bits per heavy atom. The summed E-state index contributed by atoms with van der Waals surface area (Å²) in [6, 6.07) is 16.1. The predicted octanol–water partition coefficient (Wildman–Crippen LogP) is 3.66. The van der Waals surface area contributed by atoms with E-state index in [1.165, 1.54) is 0 Å². The first-order chi connectivity index (χ1) is 13.1. The molecule has 0 spiro atoms. The lowest BCUT2D eigenvalue weighted by atomic mass is 9.80. The number of carboxylic acids is 1. The number of hydrogen-bond donors (Lipinski definition) is 2. The van der Waals surface area contributed by atoms with E-state index in [0.717, 1.165) is 22.3 Å². The van der Waals surface area contributed by atoms with Crippen LogP contribution in [0.3, 0.4) is 0 Å². The summed E-state index contributed by atoms with van der Waals surface area (Å²) < 4.78 is 5.47. The van der Waals surface area contributed by atoms with Gasteiger partial charge in [-0.1, -0.05) is 47.1 Å². The minimum Gasteiger partial charge on any atom is -0.481 e. The second-order valence-electron chi connectivity index (χ2n) is 7.03. The van der Waals surface area contributed by atoms with Gasteiger partial charge in [-0.25, -0.2) is 0 Å². The Hall–Kier alpha value is -2.99. The SMILES string of the molecule is Cc1cccc(-c2nc(-c3ccccc3CNC3CC(C(=O)O)C3)no2)c1. The van der Waals surface area contributed by atoms with Gasteiger partial charge >= 0.3 is 5.97 Å². The Balaban J connectivity index is 1.49. The van der Waals surface area contributed by atoms with E-state index in [4.69, 9.17) is 9.63 Å². The standard InChI is InChI=1S/C21H21N3O3/c1-13-5-4-7-14(9-13)20-23-19(24-27-20)18-8-3-2-6-15(18)12-22-17-10-16(11-17)21(25)26/h2-9,16-17,22H,10-12H2,1H3,(H,25,26). The quantitative estimate of drug-likeness (QED) is 0.695. The van der Waals surface area contributed by atoms with Crippen molar-refractivity contribution in [3.63, 3.8) is 0 Å². The Morgan fingerprint density at radius 1 is 1.22 bits per heavy atom. The summed E-state index contributed by atoms with van der Waals surface area (Å²) in [5.41, 5.74) is 4.02. The van der Waals surface area contributed by atoms with E-state index in [0.29, 0.717) is 31.1 Å². The van der Waals surface area contributed by atoms with Crippen molar-refractivity contribution < 1.29 is 14.4 Å². The molecule has 0 unspecified atom stereocenters. The van der Waals surface area contributed by atoms with Crippen molar-refractivity contribution in [3.8, 4) is 22.8 Å². The smallest absolute Gasteiger partial charge is 0.306 e. The highest BCUT2D eigenvalue weighted by atomic mass is 16.5. The summed E-state index contributed by atoms with van der Waals surface area (Å²) in [7, 11) is 0. The number of aryl methyl sites for hydroxylation is 1. The molecule has 2 aromatic carbocycles. The van der Waals surface area contributed by atoms with E-state index in [1.54, 1.807) is 0 Å². The van der Waals surface area contributed by atoms with Crippen molar-refractivity contribution in [1.82, 2.24) is 15.5 Å². The number of carboxylic acid groups (broad SMARTS) is 1. The Kier molecular flexibility index (Phi) is 4.73. The van der Waals surface area contributed by atoms with Gasteiger partial charge in [-0.05, 0) is 37.5 Å². The molecule has 6 nitrogen and oxygen atoms in total. The number of aliphatic carboxylic acids is 1. The zero-order valence-electron chi connectivity index (χ0n) is 15.1. The van der Waals surface area contributed by atoms with Gasteiger partial charge in [-0.15, -0.1) is 0 Å². The van der Waals surface area contributed by atoms with Crippen molar-refractivity contribution in [2.45, 2.75) is 32.4 Å². The molecule has 2 N–H and O–H groups in total. The highest BCUT2D eigenvalue weighted by Crippen LogP contribution is 2.29. The van der Waals surface area contributed by atoms with E-state index in [9.17, 15) is 4.79 Å². The third-order valence-electron chi connectivity index (χ3n) is 5.02. The maximum atomic E-state index is 10.9. The summed E-state index contributed by atoms with van der Waals surface area (Å²) >= 11 is 0. The van der Waals surface area contributed by atoms with Crippen LogP contribution in [-0.2, 0) is 11.3 Å². The lowest BCUT2D eigenvalue weighted by molar-refractivity contribution is -0.145. The van der Waals surface area contributed by atoms with Gasteiger partial charge in [-0.2, -0.15) is 4.98 Å². The molecule has 3 aromatic rings. The molecule has 1 fully saturated rings. The Bertz CT molecular complexity index is 961. The Morgan fingerprint density at radius 2 is 2.04 bits per heavy atom. The number of benzene rings is 2. The summed E-state index contributed by atoms with van der Waals surface area (Å²) in [6.07, 6.45) is 1.36. The highest BCUT2D eigenvalue weighted by Gasteiger charge is 2.34. The van der Waals surface area contributed by atoms with Crippen LogP contribution < -0.4 is 5.32 Å². The molecule has 0 bridgehead atoms. The molecule has 6 heteroatoms. The van der Waals surface area contributed by atoms with Gasteiger partial charge in [0.2, 0.25) is 5.82 Å². The molecule has 27 heavy (non-hydrogen) atoms. The third-order valence-corrected chi connectivity index (χ3v) is 5.02. The van der Waals surface area contributed by atoms with Crippen molar-refractivity contribution in [1.29, 1.82) is 0 Å². The molecule has 0 atom stereocenters. The van der Waals surface area contributed by atoms with Crippen LogP contribution in [0.2, 0.25) is 0 Å². The normalized spacial score (nSPS) is 18.9. The number of rotatable bonds is 6. The number of hydrogen-bond acceptors (Lipinski definition) is 5. The second-order valence-corrected chi connectivity index (χ2v) is 7.03. The maximum Gasteiger partial charge on any atom is 0.306 e. The summed E-state index contributed by atoms with van der Waals surface area (Å²) in [4.78, 5) is 15.5. The van der Waals surface area contributed by atoms with Crippen LogP contribution in [0, 0.1) is 12.8 Å². The molecule has 1 saturated carbocycles. The second kappa shape index (κ2) is 7.32. The first-order valence-electron chi connectivity index (χ1n) is 9.05. The number of aromatic nitrogens is 2. The number of carbonyl (C=O) groups is 1. The average Bonchev–Trinajstić information content (AvgIpc) is 3.10. The van der Waals surface area contributed by atoms with Crippen LogP contribution in [0.4, 0.5) is 0 Å². The minimum atomic E-state index is -0.705. The molecular formula is C21H21N3O3. The van der Waals surface area contributed by atoms with E-state index in [2.05, 4.69) is 15.5 Å². The highest BCUT2D eigenvalue weighted by molar-refractivity contribution is 5.71. The summed E-state index contributed by atoms with van der Waals surface area (Å²) in [6.45, 7) is 2.67. The van der Waals surface area contributed by atoms with Crippen LogP contribution in [0.1, 0.15) is 24.0 Å². The lowest BCUT2D eigenvalue weighted by Crippen LogP contribution is -2.43. The number of nitrogens with zero attached hydrogens (tertiary/aromatic N) is 2. The van der Waals surface area contributed by atoms with Gasteiger partial charge < -0.3 is 14.9 Å². The van der Waals surface area contributed by atoms with Crippen LogP contribution in [-0.4, -0.2) is 27.3 Å². The lowest BCUT2D eigenvalue weighted by Gasteiger charge is -2.33. The molecule has 1 aliphatic rings. The van der Waals surface area contributed by atoms with E-state index < -0.39 is 5.97 Å². The van der Waals surface area contributed by atoms with Gasteiger partial charge in [0.25, 0.3) is 5.89 Å². The minimum absolute atomic E-state index is 0.216. The molecule has 0 aliphatic heterocycles. The zero-order valence-corrected chi connectivity index (χ0v) is 15.1. The first kappa shape index (κ1) is 17.4. The molecule has 138 valence electrons. The van der Waals surface area contributed by atoms with E-state index in [1.807, 2.05) is 55.5 Å². The van der Waals surface area contributed by atoms with Gasteiger partial charge in [0.05, 0.1) is 5.92 Å². The Labute approximate surface area is 157 Å². The molecular weight excluding hydrogens is 342 g/mol. The van der Waals surface area contributed by atoms with Crippen molar-refractivity contribution in [3.05, 3.63) is 59.7 Å². The number of nitrogens with one attached hydrogen (secondary N) is 1. The van der Waals surface area contributed by atoms with Gasteiger partial charge in [0.1, 0.15) is 0 Å². The molecule has 0 amide bonds. The fourth-order valence-corrected chi connectivity index (χ4v) is 3.36. The molecule has 1 aromatic heterocycles. The molecule has 4 rings (SSSR count). The van der Waals surface area contributed by atoms with Crippen LogP contribution in [0.15, 0.2) is 53.1 Å². The van der Waals surface area contributed by atoms with Crippen molar-refractivity contribution in [2.75, 3.05) is 0 Å². The van der Waals surface area contributed by atoms with Gasteiger partial charge in [-0.3, -0.25) is 4.79 Å². The van der Waals surface area contributed by atoms with Gasteiger partial charge in [0.15, 0.2) is 0 Å². The third kappa shape index (κ3) is 3.75. The van der Waals surface area contributed by atoms with Crippen LogP contribution in [0.25, 0.3) is 22.8 Å².